The zero-order chi connectivity index (χ0) is 14.3. The molecule has 0 aliphatic heterocycles. The lowest BCUT2D eigenvalue weighted by atomic mass is 10.2. The third kappa shape index (κ3) is 2.14. The average Bonchev–Trinajstić information content (AvgIpc) is 2.97. The lowest BCUT2D eigenvalue weighted by Gasteiger charge is -2.14. The van der Waals surface area contributed by atoms with Crippen LogP contribution in [0, 0.1) is 5.82 Å². The Labute approximate surface area is 120 Å². The number of aromatic nitrogens is 2. The smallest absolute Gasteiger partial charge is 0.201 e. The van der Waals surface area contributed by atoms with Gasteiger partial charge in [-0.2, -0.15) is 0 Å². The van der Waals surface area contributed by atoms with Gasteiger partial charge in [0.1, 0.15) is 11.6 Å². The van der Waals surface area contributed by atoms with Gasteiger partial charge >= 0.3 is 0 Å². The van der Waals surface area contributed by atoms with E-state index in [4.69, 9.17) is 21.8 Å². The summed E-state index contributed by atoms with van der Waals surface area (Å²) >= 11 is 5.76. The van der Waals surface area contributed by atoms with Crippen LogP contribution in [0.3, 0.4) is 0 Å². The van der Waals surface area contributed by atoms with Gasteiger partial charge in [0.15, 0.2) is 0 Å². The van der Waals surface area contributed by atoms with Gasteiger partial charge in [0.05, 0.1) is 22.3 Å². The molecule has 0 aliphatic carbocycles. The van der Waals surface area contributed by atoms with Crippen molar-refractivity contribution >= 4 is 28.6 Å². The maximum atomic E-state index is 13.6. The van der Waals surface area contributed by atoms with Crippen molar-refractivity contribution < 1.29 is 8.81 Å². The molecule has 0 saturated heterocycles. The molecule has 2 aromatic heterocycles. The summed E-state index contributed by atoms with van der Waals surface area (Å²) in [5.41, 5.74) is 7.15. The third-order valence-corrected chi connectivity index (χ3v) is 3.57. The molecule has 0 bridgehead atoms. The van der Waals surface area contributed by atoms with Crippen molar-refractivity contribution in [3.8, 4) is 0 Å². The molecule has 4 nitrogen and oxygen atoms in total. The van der Waals surface area contributed by atoms with Crippen LogP contribution in [0.1, 0.15) is 18.7 Å². The van der Waals surface area contributed by atoms with Crippen molar-refractivity contribution in [1.29, 1.82) is 0 Å². The Morgan fingerprint density at radius 1 is 1.50 bits per heavy atom. The first kappa shape index (κ1) is 13.0. The Kier molecular flexibility index (Phi) is 3.14. The van der Waals surface area contributed by atoms with Gasteiger partial charge in [-0.25, -0.2) is 9.37 Å². The van der Waals surface area contributed by atoms with E-state index in [1.807, 2.05) is 19.1 Å². The summed E-state index contributed by atoms with van der Waals surface area (Å²) in [7, 11) is 0. The van der Waals surface area contributed by atoms with E-state index in [9.17, 15) is 4.39 Å². The molecule has 0 saturated carbocycles. The molecular formula is C14H13ClFN3O. The predicted molar refractivity (Wildman–Crippen MR) is 76.2 cm³/mol. The van der Waals surface area contributed by atoms with E-state index in [-0.39, 0.29) is 11.1 Å². The molecule has 1 aromatic carbocycles. The van der Waals surface area contributed by atoms with Crippen molar-refractivity contribution in [2.75, 3.05) is 5.73 Å². The van der Waals surface area contributed by atoms with Crippen LogP contribution in [0.15, 0.2) is 34.9 Å². The number of hydrogen-bond donors (Lipinski definition) is 1. The van der Waals surface area contributed by atoms with Gasteiger partial charge in [0.2, 0.25) is 5.95 Å². The number of anilines is 1. The predicted octanol–water partition coefficient (Wildman–Crippen LogP) is 3.81. The number of hydrogen-bond acceptors (Lipinski definition) is 3. The zero-order valence-electron chi connectivity index (χ0n) is 10.8. The highest BCUT2D eigenvalue weighted by Gasteiger charge is 2.17. The zero-order valence-corrected chi connectivity index (χ0v) is 11.6. The van der Waals surface area contributed by atoms with Crippen molar-refractivity contribution in [1.82, 2.24) is 9.55 Å². The molecule has 0 fully saturated rings. The van der Waals surface area contributed by atoms with E-state index >= 15 is 0 Å². The van der Waals surface area contributed by atoms with Gasteiger partial charge < -0.3 is 14.7 Å². The number of fused-ring (bicyclic) bond motifs is 1. The second-order valence-electron chi connectivity index (χ2n) is 4.73. The molecule has 2 N–H and O–H groups in total. The summed E-state index contributed by atoms with van der Waals surface area (Å²) < 4.78 is 20.8. The van der Waals surface area contributed by atoms with Crippen LogP contribution in [-0.4, -0.2) is 9.55 Å². The van der Waals surface area contributed by atoms with E-state index < -0.39 is 5.82 Å². The van der Waals surface area contributed by atoms with Gasteiger partial charge in [-0.3, -0.25) is 0 Å². The molecule has 0 radical (unpaired) electrons. The van der Waals surface area contributed by atoms with E-state index in [1.54, 1.807) is 10.8 Å². The maximum Gasteiger partial charge on any atom is 0.201 e. The minimum atomic E-state index is -0.481. The standard InChI is InChI=1S/C14H13ClFN3O/c1-8(5-9-3-2-4-20-9)19-13-7-11(16)10(15)6-12(13)18-14(19)17/h2-4,6-8H,5H2,1H3,(H2,17,18). The SMILES string of the molecule is CC(Cc1ccco1)n1c(N)nc2cc(Cl)c(F)cc21. The summed E-state index contributed by atoms with van der Waals surface area (Å²) in [4.78, 5) is 4.22. The molecule has 3 aromatic rings. The number of nitrogens with zero attached hydrogens (tertiary/aromatic N) is 2. The number of imidazole rings is 1. The number of rotatable bonds is 3. The van der Waals surface area contributed by atoms with E-state index in [1.165, 1.54) is 12.1 Å². The van der Waals surface area contributed by atoms with Crippen LogP contribution >= 0.6 is 11.6 Å². The lowest BCUT2D eigenvalue weighted by Crippen LogP contribution is -2.11. The third-order valence-electron chi connectivity index (χ3n) is 3.28. The van der Waals surface area contributed by atoms with Crippen LogP contribution in [0.4, 0.5) is 10.3 Å². The highest BCUT2D eigenvalue weighted by Crippen LogP contribution is 2.28. The fourth-order valence-corrected chi connectivity index (χ4v) is 2.54. The summed E-state index contributed by atoms with van der Waals surface area (Å²) in [5.74, 6) is 0.694. The van der Waals surface area contributed by atoms with Gasteiger partial charge in [-0.1, -0.05) is 11.6 Å². The average molecular weight is 294 g/mol. The number of furan rings is 1. The molecule has 2 heterocycles. The molecule has 20 heavy (non-hydrogen) atoms. The second kappa shape index (κ2) is 4.83. The minimum absolute atomic E-state index is 0.00766. The molecular weight excluding hydrogens is 281 g/mol. The van der Waals surface area contributed by atoms with E-state index in [0.717, 1.165) is 5.76 Å². The van der Waals surface area contributed by atoms with Crippen molar-refractivity contribution in [3.05, 3.63) is 47.1 Å². The number of nitrogens with two attached hydrogens (primary N) is 1. The maximum absolute atomic E-state index is 13.6. The van der Waals surface area contributed by atoms with E-state index in [0.29, 0.717) is 23.4 Å². The number of halogens is 2. The summed E-state index contributed by atoms with van der Waals surface area (Å²) in [5, 5.41) is 0.0424. The molecule has 3 rings (SSSR count). The summed E-state index contributed by atoms with van der Waals surface area (Å²) in [6.07, 6.45) is 2.27. The van der Waals surface area contributed by atoms with Crippen molar-refractivity contribution in [3.63, 3.8) is 0 Å². The molecule has 104 valence electrons. The molecule has 1 atom stereocenters. The quantitative estimate of drug-likeness (QED) is 0.799. The molecule has 0 amide bonds. The van der Waals surface area contributed by atoms with Gasteiger partial charge in [0, 0.05) is 18.5 Å². The largest absolute Gasteiger partial charge is 0.469 e. The topological polar surface area (TPSA) is 57.0 Å². The highest BCUT2D eigenvalue weighted by atomic mass is 35.5. The second-order valence-corrected chi connectivity index (χ2v) is 5.13. The van der Waals surface area contributed by atoms with Gasteiger partial charge in [0.25, 0.3) is 0 Å². The first-order valence-electron chi connectivity index (χ1n) is 6.21. The van der Waals surface area contributed by atoms with Crippen LogP contribution in [-0.2, 0) is 6.42 Å². The minimum Gasteiger partial charge on any atom is -0.469 e. The Hall–Kier alpha value is -2.01. The molecule has 0 aliphatic rings. The fraction of sp³-hybridized carbons (Fsp3) is 0.214. The Bertz CT molecular complexity index is 751. The first-order chi connectivity index (χ1) is 9.56. The Morgan fingerprint density at radius 3 is 3.00 bits per heavy atom. The van der Waals surface area contributed by atoms with Crippen LogP contribution < -0.4 is 5.73 Å². The monoisotopic (exact) mass is 293 g/mol. The van der Waals surface area contributed by atoms with Crippen LogP contribution in [0.2, 0.25) is 5.02 Å². The first-order valence-corrected chi connectivity index (χ1v) is 6.59. The number of benzene rings is 1. The number of nitrogen functional groups attached to an aromatic ring is 1. The van der Waals surface area contributed by atoms with Crippen molar-refractivity contribution in [2.45, 2.75) is 19.4 Å². The Balaban J connectivity index is 2.06. The van der Waals surface area contributed by atoms with Crippen LogP contribution in [0.25, 0.3) is 11.0 Å². The normalized spacial score (nSPS) is 12.9. The highest BCUT2D eigenvalue weighted by molar-refractivity contribution is 6.31. The lowest BCUT2D eigenvalue weighted by molar-refractivity contribution is 0.456. The molecule has 0 spiro atoms. The molecule has 1 unspecified atom stereocenters. The molecule has 6 heteroatoms. The summed E-state index contributed by atoms with van der Waals surface area (Å²) in [6, 6.07) is 6.56. The van der Waals surface area contributed by atoms with E-state index in [2.05, 4.69) is 4.98 Å². The van der Waals surface area contributed by atoms with Gasteiger partial charge in [-0.05, 0) is 25.1 Å². The Morgan fingerprint density at radius 2 is 2.30 bits per heavy atom. The van der Waals surface area contributed by atoms with Crippen LogP contribution in [0.5, 0.6) is 0 Å². The fourth-order valence-electron chi connectivity index (χ4n) is 2.38. The summed E-state index contributed by atoms with van der Waals surface area (Å²) in [6.45, 7) is 1.98. The van der Waals surface area contributed by atoms with Crippen molar-refractivity contribution in [2.24, 2.45) is 0 Å². The van der Waals surface area contributed by atoms with Gasteiger partial charge in [-0.15, -0.1) is 0 Å².